The second-order valence-corrected chi connectivity index (χ2v) is 5.74. The molecule has 0 aliphatic heterocycles. The molecule has 4 rings (SSSR count). The average Bonchev–Trinajstić information content (AvgIpc) is 3.12. The molecule has 0 aliphatic carbocycles. The van der Waals surface area contributed by atoms with E-state index in [4.69, 9.17) is 4.74 Å². The smallest absolute Gasteiger partial charge is 0.271 e. The molecule has 130 valence electrons. The minimum Gasteiger partial charge on any atom is -0.455 e. The standard InChI is InChI=1S/C20H12N4O3/c21-12-14-11-15(24(25)26)8-9-18(14)27-19-6-2-1-5-16(19)17-13-23-10-4-3-7-20(23)22-17/h1-11,13H. The number of benzene rings is 2. The van der Waals surface area contributed by atoms with E-state index in [1.165, 1.54) is 18.2 Å². The predicted octanol–water partition coefficient (Wildman–Crippen LogP) is 4.57. The molecule has 0 unspecified atom stereocenters. The van der Waals surface area contributed by atoms with Gasteiger partial charge in [-0.15, -0.1) is 0 Å². The van der Waals surface area contributed by atoms with Crippen molar-refractivity contribution in [2.45, 2.75) is 0 Å². The van der Waals surface area contributed by atoms with E-state index in [-0.39, 0.29) is 17.0 Å². The van der Waals surface area contributed by atoms with Crippen LogP contribution in [0.15, 0.2) is 73.1 Å². The summed E-state index contributed by atoms with van der Waals surface area (Å²) in [4.78, 5) is 15.0. The zero-order chi connectivity index (χ0) is 18.8. The summed E-state index contributed by atoms with van der Waals surface area (Å²) < 4.78 is 7.82. The van der Waals surface area contributed by atoms with Crippen LogP contribution in [0.3, 0.4) is 0 Å². The molecule has 0 saturated heterocycles. The molecule has 0 radical (unpaired) electrons. The number of fused-ring (bicyclic) bond motifs is 1. The highest BCUT2D eigenvalue weighted by atomic mass is 16.6. The molecule has 7 nitrogen and oxygen atoms in total. The molecule has 0 N–H and O–H groups in total. The minimum absolute atomic E-state index is 0.0917. The lowest BCUT2D eigenvalue weighted by Gasteiger charge is -2.10. The van der Waals surface area contributed by atoms with Gasteiger partial charge in [0.2, 0.25) is 0 Å². The SMILES string of the molecule is N#Cc1cc([N+](=O)[O-])ccc1Oc1ccccc1-c1cn2ccccc2n1. The number of nitriles is 1. The summed E-state index contributed by atoms with van der Waals surface area (Å²) in [5, 5.41) is 20.2. The number of rotatable bonds is 4. The average molecular weight is 356 g/mol. The normalized spacial score (nSPS) is 10.5. The Hall–Kier alpha value is -4.18. The number of hydrogen-bond acceptors (Lipinski definition) is 5. The van der Waals surface area contributed by atoms with Crippen LogP contribution >= 0.6 is 0 Å². The molecule has 0 fully saturated rings. The monoisotopic (exact) mass is 356 g/mol. The molecule has 0 amide bonds. The highest BCUT2D eigenvalue weighted by Crippen LogP contribution is 2.35. The van der Waals surface area contributed by atoms with E-state index in [0.717, 1.165) is 16.9 Å². The fourth-order valence-corrected chi connectivity index (χ4v) is 2.76. The van der Waals surface area contributed by atoms with Gasteiger partial charge in [0.15, 0.2) is 0 Å². The van der Waals surface area contributed by atoms with E-state index in [2.05, 4.69) is 4.98 Å². The quantitative estimate of drug-likeness (QED) is 0.394. The van der Waals surface area contributed by atoms with Gasteiger partial charge in [0.05, 0.1) is 10.6 Å². The molecule has 27 heavy (non-hydrogen) atoms. The summed E-state index contributed by atoms with van der Waals surface area (Å²) in [7, 11) is 0. The summed E-state index contributed by atoms with van der Waals surface area (Å²) in [6, 6.07) is 18.9. The number of nitro groups is 1. The van der Waals surface area contributed by atoms with Crippen molar-refractivity contribution in [3.8, 4) is 28.8 Å². The highest BCUT2D eigenvalue weighted by molar-refractivity contribution is 5.70. The molecule has 4 aromatic rings. The van der Waals surface area contributed by atoms with Gasteiger partial charge in [-0.1, -0.05) is 18.2 Å². The first-order valence-corrected chi connectivity index (χ1v) is 8.05. The van der Waals surface area contributed by atoms with Crippen molar-refractivity contribution in [2.75, 3.05) is 0 Å². The van der Waals surface area contributed by atoms with Crippen molar-refractivity contribution in [1.29, 1.82) is 5.26 Å². The van der Waals surface area contributed by atoms with Crippen molar-refractivity contribution in [2.24, 2.45) is 0 Å². The Balaban J connectivity index is 1.76. The van der Waals surface area contributed by atoms with Gasteiger partial charge in [-0.3, -0.25) is 10.1 Å². The predicted molar refractivity (Wildman–Crippen MR) is 98.5 cm³/mol. The van der Waals surface area contributed by atoms with Crippen molar-refractivity contribution in [3.63, 3.8) is 0 Å². The third kappa shape index (κ3) is 3.07. The maximum Gasteiger partial charge on any atom is 0.271 e. The van der Waals surface area contributed by atoms with Gasteiger partial charge in [-0.05, 0) is 30.3 Å². The van der Waals surface area contributed by atoms with Crippen LogP contribution in [0.2, 0.25) is 0 Å². The lowest BCUT2D eigenvalue weighted by atomic mass is 10.1. The maximum absolute atomic E-state index is 10.9. The summed E-state index contributed by atoms with van der Waals surface area (Å²) in [6.45, 7) is 0. The van der Waals surface area contributed by atoms with Gasteiger partial charge < -0.3 is 9.14 Å². The Labute approximate surface area is 153 Å². The first-order valence-electron chi connectivity index (χ1n) is 8.05. The zero-order valence-corrected chi connectivity index (χ0v) is 13.9. The first kappa shape index (κ1) is 16.3. The molecule has 0 atom stereocenters. The first-order chi connectivity index (χ1) is 13.2. The van der Waals surface area contributed by atoms with Gasteiger partial charge in [0.25, 0.3) is 5.69 Å². The van der Waals surface area contributed by atoms with Crippen LogP contribution in [0.25, 0.3) is 16.9 Å². The Morgan fingerprint density at radius 2 is 1.89 bits per heavy atom. The molecule has 2 aromatic heterocycles. The second-order valence-electron chi connectivity index (χ2n) is 5.74. The van der Waals surface area contributed by atoms with Crippen molar-refractivity contribution < 1.29 is 9.66 Å². The molecule has 0 bridgehead atoms. The van der Waals surface area contributed by atoms with Crippen LogP contribution in [0.4, 0.5) is 5.69 Å². The van der Waals surface area contributed by atoms with Crippen LogP contribution in [-0.4, -0.2) is 14.3 Å². The Morgan fingerprint density at radius 1 is 1.07 bits per heavy atom. The lowest BCUT2D eigenvalue weighted by Crippen LogP contribution is -1.94. The lowest BCUT2D eigenvalue weighted by molar-refractivity contribution is -0.384. The molecule has 7 heteroatoms. The Bertz CT molecular complexity index is 1170. The van der Waals surface area contributed by atoms with E-state index in [0.29, 0.717) is 5.75 Å². The number of aromatic nitrogens is 2. The summed E-state index contributed by atoms with van der Waals surface area (Å²) >= 11 is 0. The Kier molecular flexibility index (Phi) is 3.99. The van der Waals surface area contributed by atoms with Crippen molar-refractivity contribution in [1.82, 2.24) is 9.38 Å². The highest BCUT2D eigenvalue weighted by Gasteiger charge is 2.15. The number of hydrogen-bond donors (Lipinski definition) is 0. The van der Waals surface area contributed by atoms with Crippen LogP contribution in [0.5, 0.6) is 11.5 Å². The number of ether oxygens (including phenoxy) is 1. The zero-order valence-electron chi connectivity index (χ0n) is 13.9. The van der Waals surface area contributed by atoms with Crippen LogP contribution < -0.4 is 4.74 Å². The van der Waals surface area contributed by atoms with Gasteiger partial charge in [0.1, 0.15) is 28.8 Å². The molecule has 2 heterocycles. The molecule has 0 spiro atoms. The van der Waals surface area contributed by atoms with E-state index in [1.807, 2.05) is 59.3 Å². The van der Waals surface area contributed by atoms with Crippen LogP contribution in [0.1, 0.15) is 5.56 Å². The molecule has 0 saturated carbocycles. The third-order valence-electron chi connectivity index (χ3n) is 4.04. The van der Waals surface area contributed by atoms with Gasteiger partial charge in [-0.2, -0.15) is 5.26 Å². The molecule has 2 aromatic carbocycles. The van der Waals surface area contributed by atoms with E-state index in [1.54, 1.807) is 6.07 Å². The fraction of sp³-hybridized carbons (Fsp3) is 0. The number of pyridine rings is 1. The fourth-order valence-electron chi connectivity index (χ4n) is 2.76. The van der Waals surface area contributed by atoms with Crippen molar-refractivity contribution >= 4 is 11.3 Å². The van der Waals surface area contributed by atoms with E-state index in [9.17, 15) is 15.4 Å². The number of non-ortho nitro benzene ring substituents is 1. The number of para-hydroxylation sites is 1. The number of nitro benzene ring substituents is 1. The van der Waals surface area contributed by atoms with Gasteiger partial charge in [-0.25, -0.2) is 4.98 Å². The third-order valence-corrected chi connectivity index (χ3v) is 4.04. The Morgan fingerprint density at radius 3 is 2.67 bits per heavy atom. The molecular formula is C20H12N4O3. The summed E-state index contributed by atoms with van der Waals surface area (Å²) in [5.41, 5.74) is 2.21. The van der Waals surface area contributed by atoms with Crippen molar-refractivity contribution in [3.05, 3.63) is 88.7 Å². The summed E-state index contributed by atoms with van der Waals surface area (Å²) in [5.74, 6) is 0.755. The van der Waals surface area contributed by atoms with E-state index < -0.39 is 4.92 Å². The maximum atomic E-state index is 10.9. The van der Waals surface area contributed by atoms with Crippen LogP contribution in [0, 0.1) is 21.4 Å². The number of nitrogens with zero attached hydrogens (tertiary/aromatic N) is 4. The number of imidazole rings is 1. The van der Waals surface area contributed by atoms with E-state index >= 15 is 0 Å². The molecular weight excluding hydrogens is 344 g/mol. The van der Waals surface area contributed by atoms with Crippen LogP contribution in [-0.2, 0) is 0 Å². The minimum atomic E-state index is -0.546. The second kappa shape index (κ2) is 6.61. The van der Waals surface area contributed by atoms with Gasteiger partial charge >= 0.3 is 0 Å². The molecule has 0 aliphatic rings. The topological polar surface area (TPSA) is 93.5 Å². The summed E-state index contributed by atoms with van der Waals surface area (Å²) in [6.07, 6.45) is 3.79. The largest absolute Gasteiger partial charge is 0.455 e. The van der Waals surface area contributed by atoms with Gasteiger partial charge in [0, 0.05) is 30.1 Å².